The van der Waals surface area contributed by atoms with E-state index in [-0.39, 0.29) is 43.9 Å². The highest BCUT2D eigenvalue weighted by molar-refractivity contribution is 6.71. The van der Waals surface area contributed by atoms with Crippen LogP contribution in [0.1, 0.15) is 60.9 Å². The molecule has 0 aromatic heterocycles. The number of aliphatic hydroxyl groups excluding tert-OH is 2. The molecular weight excluding hydrogens is 817 g/mol. The van der Waals surface area contributed by atoms with Gasteiger partial charge in [0.05, 0.1) is 62.9 Å². The molecule has 0 bridgehead atoms. The summed E-state index contributed by atoms with van der Waals surface area (Å²) in [7, 11) is -1.52. The third-order valence-corrected chi connectivity index (χ3v) is 16.0. The summed E-state index contributed by atoms with van der Waals surface area (Å²) in [4.78, 5) is 60.8. The van der Waals surface area contributed by atoms with Crippen LogP contribution >= 0.6 is 0 Å². The van der Waals surface area contributed by atoms with Gasteiger partial charge in [-0.2, -0.15) is 0 Å². The molecule has 4 aromatic carbocycles. The number of nitrogens with zero attached hydrogens (tertiary/aromatic N) is 3. The lowest BCUT2D eigenvalue weighted by molar-refractivity contribution is -0.151. The number of ether oxygens (including phenoxy) is 3. The Bertz CT molecular complexity index is 2340. The van der Waals surface area contributed by atoms with E-state index in [1.54, 1.807) is 21.8 Å². The Balaban J connectivity index is 1.08. The third kappa shape index (κ3) is 8.28. The molecule has 4 aliphatic rings. The van der Waals surface area contributed by atoms with Gasteiger partial charge >= 0.3 is 0 Å². The number of carbonyl (C=O) groups is 3. The standard InChI is InChI=1S/C49H60N4O9Si/c1-6-61-39-18-19-42-35(24-39)25-41(50-21-9-10-22-54)47(57)53(42)36-15-13-32(14-16-36)28-52-43-20-17-38(60-3)26-40(43)49(48(52)58)31(2)46(63(4,5)59)44(62-49)27-45(56)51-29-34-12-8-7-11-33(34)23-37(51)30-55/h7-8,11-20,24,26,31,37,41,44,46,50,54-55,59H,6,9-10,21-23,25,27-30H2,1-5H3/t31-,37-,41?,44+,46-,49+/m0/s1. The quantitative estimate of drug-likeness (QED) is 0.0859. The number of rotatable bonds is 15. The normalized spacial score (nSPS) is 24.1. The van der Waals surface area contributed by atoms with E-state index in [0.29, 0.717) is 61.6 Å². The van der Waals surface area contributed by atoms with Gasteiger partial charge in [-0.1, -0.05) is 43.3 Å². The molecule has 63 heavy (non-hydrogen) atoms. The maximum Gasteiger partial charge on any atom is 0.264 e. The van der Waals surface area contributed by atoms with Gasteiger partial charge in [-0.15, -0.1) is 0 Å². The van der Waals surface area contributed by atoms with E-state index in [4.69, 9.17) is 14.2 Å². The summed E-state index contributed by atoms with van der Waals surface area (Å²) < 4.78 is 18.5. The van der Waals surface area contributed by atoms with Crippen molar-refractivity contribution in [2.75, 3.05) is 43.3 Å². The number of anilines is 3. The van der Waals surface area contributed by atoms with Gasteiger partial charge in [-0.25, -0.2) is 0 Å². The first-order valence-corrected chi connectivity index (χ1v) is 25.3. The molecule has 13 nitrogen and oxygen atoms in total. The van der Waals surface area contributed by atoms with Crippen LogP contribution in [0, 0.1) is 5.92 Å². The van der Waals surface area contributed by atoms with E-state index in [0.717, 1.165) is 40.1 Å². The molecular formula is C49H60N4O9Si. The zero-order valence-corrected chi connectivity index (χ0v) is 37.9. The number of carbonyl (C=O) groups excluding carboxylic acids is 3. The SMILES string of the molecule is CCOc1ccc2c(c1)CC(NCCCCO)C(=O)N2c1ccc(CN2C(=O)[C@]3(O[C@H](CC(=O)N4Cc5ccccc5C[C@H]4CO)[C@@H]([Si](C)(C)O)[C@@H]3C)c3cc(OC)ccc32)cc1. The highest BCUT2D eigenvalue weighted by Crippen LogP contribution is 2.60. The Hall–Kier alpha value is -5.09. The van der Waals surface area contributed by atoms with Crippen LogP contribution in [0.3, 0.4) is 0 Å². The Morgan fingerprint density at radius 3 is 2.35 bits per heavy atom. The van der Waals surface area contributed by atoms with Crippen LogP contribution in [0.4, 0.5) is 17.1 Å². The molecule has 4 heterocycles. The summed E-state index contributed by atoms with van der Waals surface area (Å²) in [6, 6.07) is 26.1. The van der Waals surface area contributed by atoms with E-state index in [2.05, 4.69) is 5.32 Å². The molecule has 4 aromatic rings. The summed E-state index contributed by atoms with van der Waals surface area (Å²) >= 11 is 0. The summed E-state index contributed by atoms with van der Waals surface area (Å²) in [6.07, 6.45) is 1.63. The highest BCUT2D eigenvalue weighted by atomic mass is 28.4. The second-order valence-corrected chi connectivity index (χ2v) is 21.8. The third-order valence-electron chi connectivity index (χ3n) is 13.5. The molecule has 4 aliphatic heterocycles. The molecule has 334 valence electrons. The van der Waals surface area contributed by atoms with E-state index in [9.17, 15) is 24.6 Å². The molecule has 6 atom stereocenters. The fourth-order valence-corrected chi connectivity index (χ4v) is 13.1. The van der Waals surface area contributed by atoms with Gasteiger partial charge in [0.2, 0.25) is 11.8 Å². The fourth-order valence-electron chi connectivity index (χ4n) is 10.5. The average molecular weight is 877 g/mol. The predicted octanol–water partition coefficient (Wildman–Crippen LogP) is 5.73. The summed E-state index contributed by atoms with van der Waals surface area (Å²) in [6.45, 7) is 9.17. The molecule has 1 saturated heterocycles. The molecule has 3 amide bonds. The van der Waals surface area contributed by atoms with Crippen molar-refractivity contribution in [3.63, 3.8) is 0 Å². The smallest absolute Gasteiger partial charge is 0.264 e. The van der Waals surface area contributed by atoms with E-state index >= 15 is 4.79 Å². The predicted molar refractivity (Wildman–Crippen MR) is 243 cm³/mol. The molecule has 0 saturated carbocycles. The molecule has 4 N–H and O–H groups in total. The van der Waals surface area contributed by atoms with Crippen molar-refractivity contribution < 1.29 is 43.6 Å². The van der Waals surface area contributed by atoms with Gasteiger partial charge in [-0.05, 0) is 123 Å². The minimum atomic E-state index is -3.09. The minimum Gasteiger partial charge on any atom is -0.497 e. The first kappa shape index (κ1) is 44.5. The molecule has 0 aliphatic carbocycles. The van der Waals surface area contributed by atoms with Crippen LogP contribution in [0.5, 0.6) is 11.5 Å². The number of amides is 3. The minimum absolute atomic E-state index is 0.0508. The summed E-state index contributed by atoms with van der Waals surface area (Å²) in [5.74, 6) is 0.248. The van der Waals surface area contributed by atoms with Crippen molar-refractivity contribution in [2.24, 2.45) is 5.92 Å². The molecule has 1 spiro atoms. The number of fused-ring (bicyclic) bond motifs is 4. The maximum atomic E-state index is 15.3. The average Bonchev–Trinajstić information content (AvgIpc) is 3.70. The van der Waals surface area contributed by atoms with Crippen LogP contribution in [0.2, 0.25) is 18.6 Å². The number of hydrogen-bond donors (Lipinski definition) is 4. The Kier molecular flexibility index (Phi) is 12.8. The topological polar surface area (TPSA) is 161 Å². The van der Waals surface area contributed by atoms with Gasteiger partial charge in [0.25, 0.3) is 5.91 Å². The Labute approximate surface area is 370 Å². The lowest BCUT2D eigenvalue weighted by Gasteiger charge is -2.37. The largest absolute Gasteiger partial charge is 0.497 e. The molecule has 14 heteroatoms. The number of nitrogens with one attached hydrogen (secondary N) is 1. The molecule has 1 fully saturated rings. The van der Waals surface area contributed by atoms with Gasteiger partial charge < -0.3 is 44.3 Å². The highest BCUT2D eigenvalue weighted by Gasteiger charge is 2.66. The zero-order chi connectivity index (χ0) is 44.6. The van der Waals surface area contributed by atoms with Gasteiger partial charge in [0, 0.05) is 35.9 Å². The second-order valence-electron chi connectivity index (χ2n) is 17.9. The van der Waals surface area contributed by atoms with E-state index < -0.39 is 43.6 Å². The zero-order valence-electron chi connectivity index (χ0n) is 36.9. The number of aliphatic hydroxyl groups is 2. The van der Waals surface area contributed by atoms with Crippen LogP contribution in [-0.4, -0.2) is 97.6 Å². The molecule has 1 unspecified atom stereocenters. The molecule has 0 radical (unpaired) electrons. The van der Waals surface area contributed by atoms with E-state index in [1.807, 2.05) is 112 Å². The van der Waals surface area contributed by atoms with E-state index in [1.165, 1.54) is 0 Å². The van der Waals surface area contributed by atoms with Crippen molar-refractivity contribution >= 4 is 43.1 Å². The van der Waals surface area contributed by atoms with Gasteiger partial charge in [-0.3, -0.25) is 19.3 Å². The van der Waals surface area contributed by atoms with Crippen LogP contribution < -0.4 is 24.6 Å². The first-order chi connectivity index (χ1) is 30.3. The number of hydrogen-bond acceptors (Lipinski definition) is 10. The fraction of sp³-hybridized carbons (Fsp3) is 0.449. The Morgan fingerprint density at radius 1 is 0.921 bits per heavy atom. The van der Waals surface area contributed by atoms with Crippen LogP contribution in [0.25, 0.3) is 0 Å². The lowest BCUT2D eigenvalue weighted by Crippen LogP contribution is -2.49. The second kappa shape index (κ2) is 18.2. The maximum absolute atomic E-state index is 15.3. The van der Waals surface area contributed by atoms with Crippen molar-refractivity contribution in [1.82, 2.24) is 10.2 Å². The number of methoxy groups -OCH3 is 1. The number of benzene rings is 4. The van der Waals surface area contributed by atoms with Crippen LogP contribution in [-0.2, 0) is 50.7 Å². The first-order valence-electron chi connectivity index (χ1n) is 22.2. The lowest BCUT2D eigenvalue weighted by atomic mass is 9.82. The van der Waals surface area contributed by atoms with Crippen molar-refractivity contribution in [3.05, 3.63) is 113 Å². The van der Waals surface area contributed by atoms with Gasteiger partial charge in [0.15, 0.2) is 13.9 Å². The number of unbranched alkanes of at least 4 members (excludes halogenated alkanes) is 1. The van der Waals surface area contributed by atoms with Gasteiger partial charge in [0.1, 0.15) is 11.5 Å². The van der Waals surface area contributed by atoms with Crippen molar-refractivity contribution in [1.29, 1.82) is 0 Å². The van der Waals surface area contributed by atoms with Crippen LogP contribution in [0.15, 0.2) is 84.9 Å². The summed E-state index contributed by atoms with van der Waals surface area (Å²) in [5, 5.41) is 23.1. The van der Waals surface area contributed by atoms with Crippen molar-refractivity contribution in [2.45, 2.75) is 101 Å². The van der Waals surface area contributed by atoms with Crippen molar-refractivity contribution in [3.8, 4) is 11.5 Å². The monoisotopic (exact) mass is 876 g/mol. The molecule has 8 rings (SSSR count). The Morgan fingerprint density at radius 2 is 1.65 bits per heavy atom. The summed E-state index contributed by atoms with van der Waals surface area (Å²) in [5.41, 5.74) is 4.74.